The van der Waals surface area contributed by atoms with E-state index >= 15 is 0 Å². The second-order valence-electron chi connectivity index (χ2n) is 5.69. The maximum Gasteiger partial charge on any atom is 0.0410 e. The number of hydrazine groups is 1. The number of halogens is 1. The van der Waals surface area contributed by atoms with Gasteiger partial charge in [0.15, 0.2) is 0 Å². The number of hydrogen-bond acceptors (Lipinski definition) is 3. The lowest BCUT2D eigenvalue weighted by Gasteiger charge is -2.32. The standard InChI is InChI=1S/C17H20BrN3/c18-14-8-12(10-20-11-14)9-17(21-19)16-7-3-5-13-4-1-2-6-15(13)16/h1-2,4,6,8,10-11,16-17,21H,3,5,7,9,19H2. The minimum atomic E-state index is 0.238. The smallest absolute Gasteiger partial charge is 0.0410 e. The van der Waals surface area contributed by atoms with Gasteiger partial charge in [0.25, 0.3) is 0 Å². The average molecular weight is 346 g/mol. The van der Waals surface area contributed by atoms with E-state index in [1.54, 1.807) is 0 Å². The number of nitrogens with two attached hydrogens (primary N) is 1. The van der Waals surface area contributed by atoms with Crippen LogP contribution in [0.15, 0.2) is 47.2 Å². The third-order valence-corrected chi connectivity index (χ3v) is 4.77. The Morgan fingerprint density at radius 3 is 3.00 bits per heavy atom. The number of rotatable bonds is 4. The quantitative estimate of drug-likeness (QED) is 0.660. The van der Waals surface area contributed by atoms with Crippen LogP contribution in [-0.4, -0.2) is 11.0 Å². The molecule has 3 N–H and O–H groups in total. The summed E-state index contributed by atoms with van der Waals surface area (Å²) in [6.07, 6.45) is 8.22. The van der Waals surface area contributed by atoms with E-state index in [0.717, 1.165) is 10.9 Å². The third kappa shape index (κ3) is 3.34. The maximum atomic E-state index is 5.86. The number of benzene rings is 1. The Bertz CT molecular complexity index is 614. The first-order valence-corrected chi connectivity index (χ1v) is 8.20. The SMILES string of the molecule is NNC(Cc1cncc(Br)c1)C1CCCc2ccccc21. The number of nitrogens with one attached hydrogen (secondary N) is 1. The summed E-state index contributed by atoms with van der Waals surface area (Å²) in [6, 6.07) is 11.1. The summed E-state index contributed by atoms with van der Waals surface area (Å²) >= 11 is 3.48. The van der Waals surface area contributed by atoms with Crippen molar-refractivity contribution in [2.24, 2.45) is 5.84 Å². The fraction of sp³-hybridized carbons (Fsp3) is 0.353. The summed E-state index contributed by atoms with van der Waals surface area (Å²) in [7, 11) is 0. The number of nitrogens with zero attached hydrogens (tertiary/aromatic N) is 1. The molecule has 2 aromatic rings. The first-order chi connectivity index (χ1) is 10.3. The number of hydrogen-bond donors (Lipinski definition) is 2. The molecule has 110 valence electrons. The molecule has 1 aromatic heterocycles. The van der Waals surface area contributed by atoms with Crippen molar-refractivity contribution < 1.29 is 0 Å². The molecule has 0 spiro atoms. The second-order valence-corrected chi connectivity index (χ2v) is 6.60. The highest BCUT2D eigenvalue weighted by molar-refractivity contribution is 9.10. The van der Waals surface area contributed by atoms with Gasteiger partial charge in [-0.25, -0.2) is 0 Å². The second kappa shape index (κ2) is 6.69. The highest BCUT2D eigenvalue weighted by Gasteiger charge is 2.27. The lowest BCUT2D eigenvalue weighted by Crippen LogP contribution is -2.42. The van der Waals surface area contributed by atoms with E-state index in [-0.39, 0.29) is 6.04 Å². The fourth-order valence-corrected chi connectivity index (χ4v) is 3.76. The average Bonchev–Trinajstić information content (AvgIpc) is 2.52. The van der Waals surface area contributed by atoms with Gasteiger partial charge in [-0.2, -0.15) is 0 Å². The topological polar surface area (TPSA) is 50.9 Å². The molecule has 0 bridgehead atoms. The van der Waals surface area contributed by atoms with Crippen molar-refractivity contribution in [2.75, 3.05) is 0 Å². The Balaban J connectivity index is 1.84. The van der Waals surface area contributed by atoms with Gasteiger partial charge in [-0.3, -0.25) is 16.3 Å². The van der Waals surface area contributed by atoms with Gasteiger partial charge in [-0.15, -0.1) is 0 Å². The zero-order valence-electron chi connectivity index (χ0n) is 11.9. The van der Waals surface area contributed by atoms with Gasteiger partial charge in [0.05, 0.1) is 0 Å². The largest absolute Gasteiger partial charge is 0.271 e. The Kier molecular flexibility index (Phi) is 4.68. The molecule has 0 saturated heterocycles. The molecule has 2 unspecified atom stereocenters. The van der Waals surface area contributed by atoms with Gasteiger partial charge < -0.3 is 0 Å². The van der Waals surface area contributed by atoms with Crippen molar-refractivity contribution in [3.05, 3.63) is 63.9 Å². The number of aromatic nitrogens is 1. The molecule has 0 saturated carbocycles. The molecule has 0 fully saturated rings. The fourth-order valence-electron chi connectivity index (χ4n) is 3.35. The van der Waals surface area contributed by atoms with Crippen molar-refractivity contribution in [1.82, 2.24) is 10.4 Å². The van der Waals surface area contributed by atoms with Crippen LogP contribution in [0.3, 0.4) is 0 Å². The Morgan fingerprint density at radius 1 is 1.33 bits per heavy atom. The van der Waals surface area contributed by atoms with Crippen LogP contribution < -0.4 is 11.3 Å². The molecule has 1 aliphatic rings. The zero-order chi connectivity index (χ0) is 14.7. The van der Waals surface area contributed by atoms with Crippen molar-refractivity contribution in [3.8, 4) is 0 Å². The highest BCUT2D eigenvalue weighted by Crippen LogP contribution is 2.34. The van der Waals surface area contributed by atoms with E-state index in [1.165, 1.54) is 36.0 Å². The Hall–Kier alpha value is -1.23. The molecule has 3 nitrogen and oxygen atoms in total. The zero-order valence-corrected chi connectivity index (χ0v) is 13.5. The van der Waals surface area contributed by atoms with Gasteiger partial charge in [0, 0.05) is 28.8 Å². The molecule has 3 rings (SSSR count). The first kappa shape index (κ1) is 14.7. The van der Waals surface area contributed by atoms with Crippen LogP contribution in [0.25, 0.3) is 0 Å². The summed E-state index contributed by atoms with van der Waals surface area (Å²) in [6.45, 7) is 0. The predicted octanol–water partition coefficient (Wildman–Crippen LogP) is 3.34. The first-order valence-electron chi connectivity index (χ1n) is 7.41. The molecular weight excluding hydrogens is 326 g/mol. The van der Waals surface area contributed by atoms with Crippen LogP contribution in [0.1, 0.15) is 35.4 Å². The van der Waals surface area contributed by atoms with Gasteiger partial charge in [-0.05, 0) is 64.4 Å². The van der Waals surface area contributed by atoms with E-state index in [0.29, 0.717) is 5.92 Å². The minimum Gasteiger partial charge on any atom is -0.271 e. The van der Waals surface area contributed by atoms with Gasteiger partial charge in [0.2, 0.25) is 0 Å². The normalized spacial score (nSPS) is 19.0. The monoisotopic (exact) mass is 345 g/mol. The van der Waals surface area contributed by atoms with Crippen LogP contribution in [-0.2, 0) is 12.8 Å². The van der Waals surface area contributed by atoms with Crippen LogP contribution in [0, 0.1) is 0 Å². The van der Waals surface area contributed by atoms with E-state index < -0.39 is 0 Å². The van der Waals surface area contributed by atoms with Gasteiger partial charge in [0.1, 0.15) is 0 Å². The van der Waals surface area contributed by atoms with E-state index in [4.69, 9.17) is 5.84 Å². The summed E-state index contributed by atoms with van der Waals surface area (Å²) in [5, 5.41) is 0. The van der Waals surface area contributed by atoms with E-state index in [1.807, 2.05) is 12.4 Å². The Morgan fingerprint density at radius 2 is 2.19 bits per heavy atom. The molecule has 2 atom stereocenters. The number of aryl methyl sites for hydroxylation is 1. The predicted molar refractivity (Wildman–Crippen MR) is 88.9 cm³/mol. The molecule has 1 heterocycles. The highest BCUT2D eigenvalue weighted by atomic mass is 79.9. The van der Waals surface area contributed by atoms with Crippen molar-refractivity contribution >= 4 is 15.9 Å². The van der Waals surface area contributed by atoms with Gasteiger partial charge >= 0.3 is 0 Å². The van der Waals surface area contributed by atoms with Gasteiger partial charge in [-0.1, -0.05) is 24.3 Å². The van der Waals surface area contributed by atoms with Crippen LogP contribution in [0.2, 0.25) is 0 Å². The third-order valence-electron chi connectivity index (χ3n) is 4.33. The summed E-state index contributed by atoms with van der Waals surface area (Å²) in [5.74, 6) is 6.34. The van der Waals surface area contributed by atoms with Crippen LogP contribution in [0.4, 0.5) is 0 Å². The molecule has 21 heavy (non-hydrogen) atoms. The molecule has 1 aliphatic carbocycles. The minimum absolute atomic E-state index is 0.238. The van der Waals surface area contributed by atoms with Crippen molar-refractivity contribution in [2.45, 2.75) is 37.6 Å². The number of fused-ring (bicyclic) bond motifs is 1. The van der Waals surface area contributed by atoms with Crippen LogP contribution in [0.5, 0.6) is 0 Å². The lowest BCUT2D eigenvalue weighted by molar-refractivity contribution is 0.395. The maximum absolute atomic E-state index is 5.86. The summed E-state index contributed by atoms with van der Waals surface area (Å²) in [5.41, 5.74) is 7.17. The Labute approximate surface area is 134 Å². The van der Waals surface area contributed by atoms with Crippen molar-refractivity contribution in [3.63, 3.8) is 0 Å². The lowest BCUT2D eigenvalue weighted by atomic mass is 9.77. The van der Waals surface area contributed by atoms with E-state index in [9.17, 15) is 0 Å². The van der Waals surface area contributed by atoms with E-state index in [2.05, 4.69) is 56.7 Å². The van der Waals surface area contributed by atoms with Crippen LogP contribution >= 0.6 is 15.9 Å². The molecule has 0 amide bonds. The summed E-state index contributed by atoms with van der Waals surface area (Å²) < 4.78 is 1.01. The molecule has 0 radical (unpaired) electrons. The molecule has 0 aliphatic heterocycles. The number of pyridine rings is 1. The summed E-state index contributed by atoms with van der Waals surface area (Å²) in [4.78, 5) is 4.25. The molecule has 1 aromatic carbocycles. The molecule has 4 heteroatoms. The molecular formula is C17H20BrN3. The van der Waals surface area contributed by atoms with Crippen molar-refractivity contribution in [1.29, 1.82) is 0 Å².